The van der Waals surface area contributed by atoms with Crippen LogP contribution in [0.5, 0.6) is 0 Å². The van der Waals surface area contributed by atoms with Gasteiger partial charge in [-0.15, -0.1) is 0 Å². The Morgan fingerprint density at radius 2 is 1.90 bits per heavy atom. The van der Waals surface area contributed by atoms with Crippen molar-refractivity contribution >= 4 is 11.6 Å². The van der Waals surface area contributed by atoms with Crippen molar-refractivity contribution in [3.05, 3.63) is 52.3 Å². The Bertz CT molecular complexity index is 662. The molecular formula is C17H20N2O. The highest BCUT2D eigenvalue weighted by molar-refractivity contribution is 6.06. The first-order valence-corrected chi connectivity index (χ1v) is 7.14. The van der Waals surface area contributed by atoms with Gasteiger partial charge in [0.2, 0.25) is 0 Å². The minimum Gasteiger partial charge on any atom is -0.348 e. The number of nitrogens with one attached hydrogen (secondary N) is 1. The summed E-state index contributed by atoms with van der Waals surface area (Å²) < 4.78 is 2.26. The molecule has 0 radical (unpaired) electrons. The number of aryl methyl sites for hydroxylation is 3. The van der Waals surface area contributed by atoms with E-state index >= 15 is 0 Å². The van der Waals surface area contributed by atoms with Crippen LogP contribution in [0.15, 0.2) is 24.3 Å². The molecule has 0 atom stereocenters. The van der Waals surface area contributed by atoms with Crippen LogP contribution < -0.4 is 5.32 Å². The summed E-state index contributed by atoms with van der Waals surface area (Å²) >= 11 is 0. The van der Waals surface area contributed by atoms with E-state index in [2.05, 4.69) is 9.88 Å². The third-order valence-electron chi connectivity index (χ3n) is 4.23. The highest BCUT2D eigenvalue weighted by atomic mass is 16.1. The standard InChI is InChI=1S/C17H20N2O/c1-11-6-4-7-12(2)16(11)18-17(20)15-10-14-8-5-9-19(14)13(15)3/h4,6-7,10H,5,8-9H2,1-3H3,(H,18,20). The first-order chi connectivity index (χ1) is 9.58. The first kappa shape index (κ1) is 13.0. The molecule has 3 rings (SSSR count). The number of nitrogens with zero attached hydrogens (tertiary/aromatic N) is 1. The lowest BCUT2D eigenvalue weighted by Gasteiger charge is -2.11. The Balaban J connectivity index is 1.91. The fourth-order valence-corrected chi connectivity index (χ4v) is 3.07. The zero-order chi connectivity index (χ0) is 14.3. The van der Waals surface area contributed by atoms with E-state index in [0.717, 1.165) is 41.0 Å². The number of fused-ring (bicyclic) bond motifs is 1. The van der Waals surface area contributed by atoms with Crippen molar-refractivity contribution in [1.82, 2.24) is 4.57 Å². The van der Waals surface area contributed by atoms with E-state index in [1.165, 1.54) is 12.1 Å². The van der Waals surface area contributed by atoms with Crippen LogP contribution in [0.2, 0.25) is 0 Å². The van der Waals surface area contributed by atoms with E-state index in [9.17, 15) is 4.79 Å². The average Bonchev–Trinajstić information content (AvgIpc) is 2.97. The number of anilines is 1. The molecule has 1 aliphatic rings. The number of benzene rings is 1. The smallest absolute Gasteiger partial charge is 0.257 e. The van der Waals surface area contributed by atoms with Crippen molar-refractivity contribution in [2.75, 3.05) is 5.32 Å². The minimum absolute atomic E-state index is 0.00167. The molecule has 1 N–H and O–H groups in total. The summed E-state index contributed by atoms with van der Waals surface area (Å²) in [4.78, 5) is 12.5. The van der Waals surface area contributed by atoms with Crippen molar-refractivity contribution in [3.8, 4) is 0 Å². The van der Waals surface area contributed by atoms with Crippen LogP contribution in [0.4, 0.5) is 5.69 Å². The first-order valence-electron chi connectivity index (χ1n) is 7.14. The highest BCUT2D eigenvalue weighted by Gasteiger charge is 2.21. The SMILES string of the molecule is Cc1cccc(C)c1NC(=O)c1cc2n(c1C)CCC2. The zero-order valence-corrected chi connectivity index (χ0v) is 12.3. The van der Waals surface area contributed by atoms with Gasteiger partial charge in [0.1, 0.15) is 0 Å². The number of carbonyl (C=O) groups excluding carboxylic acids is 1. The summed E-state index contributed by atoms with van der Waals surface area (Å²) in [5.74, 6) is 0.00167. The predicted octanol–water partition coefficient (Wildman–Crippen LogP) is 3.61. The molecule has 3 nitrogen and oxygen atoms in total. The second kappa shape index (κ2) is 4.82. The molecule has 2 heterocycles. The number of carbonyl (C=O) groups is 1. The summed E-state index contributed by atoms with van der Waals surface area (Å²) in [5.41, 5.74) is 6.31. The molecule has 3 heteroatoms. The summed E-state index contributed by atoms with van der Waals surface area (Å²) in [7, 11) is 0. The van der Waals surface area contributed by atoms with Crippen LogP contribution in [0, 0.1) is 20.8 Å². The molecule has 0 fully saturated rings. The summed E-state index contributed by atoms with van der Waals surface area (Å²) in [6.45, 7) is 7.12. The number of rotatable bonds is 2. The third-order valence-corrected chi connectivity index (χ3v) is 4.23. The Morgan fingerprint density at radius 1 is 1.20 bits per heavy atom. The maximum absolute atomic E-state index is 12.5. The molecular weight excluding hydrogens is 248 g/mol. The van der Waals surface area contributed by atoms with Crippen LogP contribution in [0.3, 0.4) is 0 Å². The summed E-state index contributed by atoms with van der Waals surface area (Å²) in [6.07, 6.45) is 2.27. The van der Waals surface area contributed by atoms with Gasteiger partial charge in [-0.2, -0.15) is 0 Å². The van der Waals surface area contributed by atoms with Crippen LogP contribution in [-0.4, -0.2) is 10.5 Å². The summed E-state index contributed by atoms with van der Waals surface area (Å²) in [6, 6.07) is 8.11. The van der Waals surface area contributed by atoms with E-state index in [-0.39, 0.29) is 5.91 Å². The van der Waals surface area contributed by atoms with E-state index < -0.39 is 0 Å². The van der Waals surface area contributed by atoms with Crippen molar-refractivity contribution < 1.29 is 4.79 Å². The predicted molar refractivity (Wildman–Crippen MR) is 81.4 cm³/mol. The van der Waals surface area contributed by atoms with E-state index in [0.29, 0.717) is 0 Å². The van der Waals surface area contributed by atoms with Gasteiger partial charge >= 0.3 is 0 Å². The molecule has 0 saturated carbocycles. The third kappa shape index (κ3) is 2.03. The fourth-order valence-electron chi connectivity index (χ4n) is 3.07. The Labute approximate surface area is 119 Å². The fraction of sp³-hybridized carbons (Fsp3) is 0.353. The molecule has 0 spiro atoms. The van der Waals surface area contributed by atoms with Crippen LogP contribution >= 0.6 is 0 Å². The van der Waals surface area contributed by atoms with Gasteiger partial charge in [0.05, 0.1) is 5.56 Å². The molecule has 20 heavy (non-hydrogen) atoms. The highest BCUT2D eigenvalue weighted by Crippen LogP contribution is 2.25. The molecule has 1 aromatic heterocycles. The molecule has 1 aliphatic heterocycles. The second-order valence-corrected chi connectivity index (χ2v) is 5.61. The lowest BCUT2D eigenvalue weighted by Crippen LogP contribution is -2.15. The average molecular weight is 268 g/mol. The maximum atomic E-state index is 12.5. The number of aromatic nitrogens is 1. The molecule has 0 saturated heterocycles. The normalized spacial score (nSPS) is 13.3. The van der Waals surface area contributed by atoms with Crippen LogP contribution in [0.1, 0.15) is 39.3 Å². The Morgan fingerprint density at radius 3 is 2.55 bits per heavy atom. The number of amides is 1. The molecule has 1 amide bonds. The van der Waals surface area contributed by atoms with Crippen molar-refractivity contribution in [2.24, 2.45) is 0 Å². The number of hydrogen-bond donors (Lipinski definition) is 1. The van der Waals surface area contributed by atoms with Gasteiger partial charge in [0.25, 0.3) is 5.91 Å². The molecule has 0 unspecified atom stereocenters. The van der Waals surface area contributed by atoms with Crippen LogP contribution in [-0.2, 0) is 13.0 Å². The molecule has 1 aromatic carbocycles. The van der Waals surface area contributed by atoms with E-state index in [1.807, 2.05) is 45.0 Å². The van der Waals surface area contributed by atoms with Crippen molar-refractivity contribution in [2.45, 2.75) is 40.2 Å². The van der Waals surface area contributed by atoms with Gasteiger partial charge in [-0.25, -0.2) is 0 Å². The second-order valence-electron chi connectivity index (χ2n) is 5.61. The van der Waals surface area contributed by atoms with Gasteiger partial charge < -0.3 is 9.88 Å². The molecule has 2 aromatic rings. The Kier molecular flexibility index (Phi) is 3.13. The zero-order valence-electron chi connectivity index (χ0n) is 12.3. The van der Waals surface area contributed by atoms with Gasteiger partial charge in [0, 0.05) is 23.6 Å². The van der Waals surface area contributed by atoms with Crippen LogP contribution in [0.25, 0.3) is 0 Å². The van der Waals surface area contributed by atoms with Crippen molar-refractivity contribution in [3.63, 3.8) is 0 Å². The summed E-state index contributed by atoms with van der Waals surface area (Å²) in [5, 5.41) is 3.07. The van der Waals surface area contributed by atoms with Gasteiger partial charge in [-0.05, 0) is 50.8 Å². The number of hydrogen-bond acceptors (Lipinski definition) is 1. The number of para-hydroxylation sites is 1. The van der Waals surface area contributed by atoms with Gasteiger partial charge in [-0.3, -0.25) is 4.79 Å². The molecule has 104 valence electrons. The van der Waals surface area contributed by atoms with Crippen molar-refractivity contribution in [1.29, 1.82) is 0 Å². The Hall–Kier alpha value is -2.03. The molecule has 0 bridgehead atoms. The largest absolute Gasteiger partial charge is 0.348 e. The van der Waals surface area contributed by atoms with E-state index in [1.54, 1.807) is 0 Å². The van der Waals surface area contributed by atoms with Gasteiger partial charge in [-0.1, -0.05) is 18.2 Å². The lowest BCUT2D eigenvalue weighted by molar-refractivity contribution is 0.102. The van der Waals surface area contributed by atoms with E-state index in [4.69, 9.17) is 0 Å². The minimum atomic E-state index is 0.00167. The monoisotopic (exact) mass is 268 g/mol. The quantitative estimate of drug-likeness (QED) is 0.887. The topological polar surface area (TPSA) is 34.0 Å². The molecule has 0 aliphatic carbocycles. The lowest BCUT2D eigenvalue weighted by atomic mass is 10.1. The maximum Gasteiger partial charge on any atom is 0.257 e. The van der Waals surface area contributed by atoms with Gasteiger partial charge in [0.15, 0.2) is 0 Å².